The highest BCUT2D eigenvalue weighted by Gasteiger charge is 2.31. The third-order valence-electron chi connectivity index (χ3n) is 9.06. The van der Waals surface area contributed by atoms with Crippen molar-refractivity contribution in [1.82, 2.24) is 15.3 Å². The molecule has 3 atom stereocenters. The van der Waals surface area contributed by atoms with E-state index in [4.69, 9.17) is 35.1 Å². The summed E-state index contributed by atoms with van der Waals surface area (Å²) in [5, 5.41) is 59.3. The molecule has 7 N–H and O–H groups in total. The first-order chi connectivity index (χ1) is 27.8. The lowest BCUT2D eigenvalue weighted by Gasteiger charge is -2.20. The molecule has 16 nitrogen and oxygen atoms in total. The number of hydrogen-bond acceptors (Lipinski definition) is 14. The number of benzene rings is 3. The molecule has 1 heterocycles. The molecule has 316 valence electrons. The van der Waals surface area contributed by atoms with E-state index in [9.17, 15) is 24.2 Å². The highest BCUT2D eigenvalue weighted by molar-refractivity contribution is 6.12. The summed E-state index contributed by atoms with van der Waals surface area (Å²) in [6.45, 7) is 4.12. The van der Waals surface area contributed by atoms with Crippen molar-refractivity contribution in [3.63, 3.8) is 0 Å². The van der Waals surface area contributed by atoms with E-state index in [0.717, 1.165) is 5.56 Å². The summed E-state index contributed by atoms with van der Waals surface area (Å²) < 4.78 is 26.9. The molecule has 0 aliphatic heterocycles. The van der Waals surface area contributed by atoms with Crippen molar-refractivity contribution in [3.8, 4) is 22.4 Å². The Kier molecular flexibility index (Phi) is 18.8. The van der Waals surface area contributed by atoms with Crippen LogP contribution >= 0.6 is 0 Å². The molecule has 1 aromatic heterocycles. The number of nitrogens with zero attached hydrogens (tertiary/aromatic N) is 3. The molecule has 3 aromatic carbocycles. The molecular weight excluding hydrogens is 759 g/mol. The van der Waals surface area contributed by atoms with Crippen molar-refractivity contribution in [2.75, 3.05) is 31.7 Å². The van der Waals surface area contributed by atoms with Crippen LogP contribution in [-0.2, 0) is 30.5 Å². The fraction of sp³-hybridized carbons (Fsp3) is 0.415. The Hall–Kier alpha value is -4.63. The van der Waals surface area contributed by atoms with Crippen LogP contribution in [0.5, 0.6) is 0 Å². The average Bonchev–Trinajstić information content (AvgIpc) is 3.53. The Morgan fingerprint density at radius 3 is 2.09 bits per heavy atom. The molecule has 0 fully saturated rings. The first kappa shape index (κ1) is 46.1. The average molecular weight is 813 g/mol. The van der Waals surface area contributed by atoms with E-state index in [1.165, 1.54) is 12.1 Å². The molecule has 3 unspecified atom stereocenters. The second kappa shape index (κ2) is 23.7. The number of amides is 1. The number of aliphatic hydroxyl groups excluding tert-OH is 2. The molecule has 0 aliphatic rings. The summed E-state index contributed by atoms with van der Waals surface area (Å²) >= 11 is 0. The number of unbranched alkanes of at least 4 members (excludes halogenated alkanes) is 1. The van der Waals surface area contributed by atoms with Gasteiger partial charge in [0.05, 0.1) is 60.5 Å². The normalized spacial score (nSPS) is 13.2. The molecule has 0 radical (unpaired) electrons. The lowest BCUT2D eigenvalue weighted by atomic mass is 9.94. The van der Waals surface area contributed by atoms with E-state index in [2.05, 4.69) is 10.2 Å². The van der Waals surface area contributed by atoms with Crippen LogP contribution in [0.3, 0.4) is 0 Å². The van der Waals surface area contributed by atoms with Crippen LogP contribution in [0, 0.1) is 5.82 Å². The fourth-order valence-electron chi connectivity index (χ4n) is 6.52. The number of para-hydroxylation sites is 1. The van der Waals surface area contributed by atoms with Gasteiger partial charge in [-0.3, -0.25) is 35.3 Å². The van der Waals surface area contributed by atoms with Crippen LogP contribution in [0.2, 0.25) is 0 Å². The number of carbonyl (C=O) groups is 2. The first-order valence-corrected chi connectivity index (χ1v) is 19.0. The summed E-state index contributed by atoms with van der Waals surface area (Å²) in [5.74, 6) is -1.68. The molecule has 0 bridgehead atoms. The van der Waals surface area contributed by atoms with Crippen LogP contribution < -0.4 is 5.32 Å². The number of halogens is 1. The molecule has 58 heavy (non-hydrogen) atoms. The molecule has 4 rings (SSSR count). The zero-order chi connectivity index (χ0) is 42.0. The zero-order valence-corrected chi connectivity index (χ0v) is 32.5. The number of nitrogens with one attached hydrogen (secondary N) is 1. The van der Waals surface area contributed by atoms with Gasteiger partial charge in [-0.25, -0.2) is 9.23 Å². The molecule has 1 amide bonds. The van der Waals surface area contributed by atoms with Crippen molar-refractivity contribution in [2.45, 2.75) is 83.1 Å². The number of aliphatic hydroxyl groups is 2. The van der Waals surface area contributed by atoms with Crippen LogP contribution in [0.15, 0.2) is 84.9 Å². The van der Waals surface area contributed by atoms with Crippen LogP contribution in [0.25, 0.3) is 22.4 Å². The largest absolute Gasteiger partial charge is 0.465 e. The van der Waals surface area contributed by atoms with Crippen molar-refractivity contribution in [3.05, 3.63) is 102 Å². The van der Waals surface area contributed by atoms with Gasteiger partial charge in [0.2, 0.25) is 0 Å². The molecule has 0 saturated carbocycles. The maximum atomic E-state index is 14.3. The second-order valence-electron chi connectivity index (χ2n) is 13.9. The Bertz CT molecular complexity index is 1830. The van der Waals surface area contributed by atoms with Crippen molar-refractivity contribution in [1.29, 1.82) is 0 Å². The predicted molar refractivity (Wildman–Crippen MR) is 207 cm³/mol. The number of rotatable bonds is 25. The van der Waals surface area contributed by atoms with Gasteiger partial charge in [-0.05, 0) is 79.1 Å². The predicted octanol–water partition coefficient (Wildman–Crippen LogP) is 6.35. The summed E-state index contributed by atoms with van der Waals surface area (Å²) in [6.07, 6.45) is -2.74. The molecular formula is C41H53FN4O12. The minimum absolute atomic E-state index is 0.0109. The van der Waals surface area contributed by atoms with E-state index < -0.39 is 47.3 Å². The third kappa shape index (κ3) is 14.6. The van der Waals surface area contributed by atoms with Gasteiger partial charge in [-0.1, -0.05) is 62.4 Å². The Morgan fingerprint density at radius 1 is 0.793 bits per heavy atom. The molecule has 0 spiro atoms. The van der Waals surface area contributed by atoms with Gasteiger partial charge >= 0.3 is 5.97 Å². The van der Waals surface area contributed by atoms with E-state index in [1.54, 1.807) is 24.3 Å². The second-order valence-corrected chi connectivity index (χ2v) is 13.9. The topological polar surface area (TPSA) is 216 Å². The third-order valence-corrected chi connectivity index (χ3v) is 9.06. The smallest absolute Gasteiger partial charge is 0.308 e. The highest BCUT2D eigenvalue weighted by Crippen LogP contribution is 2.42. The van der Waals surface area contributed by atoms with E-state index in [1.807, 2.05) is 66.9 Å². The van der Waals surface area contributed by atoms with Crippen LogP contribution in [0.1, 0.15) is 74.3 Å². The van der Waals surface area contributed by atoms with Gasteiger partial charge in [-0.15, -0.1) is 0 Å². The number of anilines is 1. The van der Waals surface area contributed by atoms with E-state index >= 15 is 0 Å². The molecule has 4 aromatic rings. The summed E-state index contributed by atoms with van der Waals surface area (Å²) in [7, 11) is 0. The number of hydrogen-bond donors (Lipinski definition) is 7. The number of carbonyl (C=O) groups excluding carboxylic acids is 2. The van der Waals surface area contributed by atoms with Gasteiger partial charge in [0.25, 0.3) is 5.91 Å². The van der Waals surface area contributed by atoms with Crippen LogP contribution in [0.4, 0.5) is 10.1 Å². The molecule has 17 heteroatoms. The van der Waals surface area contributed by atoms with Gasteiger partial charge < -0.3 is 29.6 Å². The summed E-state index contributed by atoms with van der Waals surface area (Å²) in [6, 6.07) is 24.5. The lowest BCUT2D eigenvalue weighted by molar-refractivity contribution is -0.506. The van der Waals surface area contributed by atoms with Crippen molar-refractivity contribution >= 4 is 17.6 Å². The zero-order valence-electron chi connectivity index (χ0n) is 32.5. The van der Waals surface area contributed by atoms with Gasteiger partial charge in [0.15, 0.2) is 0 Å². The number of esters is 1. The molecule has 0 saturated heterocycles. The summed E-state index contributed by atoms with van der Waals surface area (Å²) in [4.78, 5) is 36.1. The van der Waals surface area contributed by atoms with Crippen LogP contribution in [-0.4, -0.2) is 103 Å². The first-order valence-electron chi connectivity index (χ1n) is 19.0. The van der Waals surface area contributed by atoms with E-state index in [0.29, 0.717) is 46.6 Å². The SMILES string of the molecule is CC(C)c1c(C(=O)Nc2ccccc2)c(-c2ccccc2)c(-c2ccc(F)cc2)n1CCC(O)CC(O)CC(=O)OCCC(COCCCCON(O)O)ON(O)O. The lowest BCUT2D eigenvalue weighted by Crippen LogP contribution is -2.30. The van der Waals surface area contributed by atoms with Gasteiger partial charge in [-0.2, -0.15) is 0 Å². The van der Waals surface area contributed by atoms with Crippen molar-refractivity contribution in [2.24, 2.45) is 0 Å². The Balaban J connectivity index is 1.44. The molecule has 0 aliphatic carbocycles. The summed E-state index contributed by atoms with van der Waals surface area (Å²) in [5.41, 5.74) is 4.49. The van der Waals surface area contributed by atoms with Gasteiger partial charge in [0.1, 0.15) is 11.9 Å². The minimum Gasteiger partial charge on any atom is -0.465 e. The number of ether oxygens (including phenoxy) is 2. The monoisotopic (exact) mass is 812 g/mol. The highest BCUT2D eigenvalue weighted by atomic mass is 19.1. The maximum Gasteiger partial charge on any atom is 0.308 e. The Labute approximate surface area is 335 Å². The van der Waals surface area contributed by atoms with Gasteiger partial charge in [0, 0.05) is 36.5 Å². The minimum atomic E-state index is -1.26. The van der Waals surface area contributed by atoms with Crippen molar-refractivity contribution < 1.29 is 64.2 Å². The van der Waals surface area contributed by atoms with E-state index in [-0.39, 0.29) is 64.1 Å². The number of aromatic nitrogens is 1. The quantitative estimate of drug-likeness (QED) is 0.0221. The maximum absolute atomic E-state index is 14.3. The fourth-order valence-corrected chi connectivity index (χ4v) is 6.52. The Morgan fingerprint density at radius 2 is 1.45 bits per heavy atom. The standard InChI is InChI=1S/C41H53FN4O12/c1-28(2)39-38(41(50)43-32-13-7-4-8-14-32)37(29-11-5-3-6-12-29)40(30-15-17-31(42)18-16-30)44(39)21-19-33(47)25-34(48)26-36(49)56-24-20-35(58-46(53)54)27-55-22-9-10-23-57-45(51)52/h3-8,11-18,28,33-35,47-48,51-54H,9-10,19-27H2,1-2H3,(H,43,50).